The fourth-order valence-electron chi connectivity index (χ4n) is 1.18. The second-order valence-electron chi connectivity index (χ2n) is 3.83. The van der Waals surface area contributed by atoms with Crippen LogP contribution in [0.1, 0.15) is 38.4 Å². The number of carbonyl (C=O) groups excluding carboxylic acids is 1. The third-order valence-corrected chi connectivity index (χ3v) is 3.27. The Balaban J connectivity index is 2.89. The second-order valence-corrected chi connectivity index (χ2v) is 4.77. The topological polar surface area (TPSA) is 39.2 Å². The first-order valence-electron chi connectivity index (χ1n) is 5.14. The van der Waals surface area contributed by atoms with Crippen molar-refractivity contribution in [2.75, 3.05) is 6.61 Å². The number of aryl methyl sites for hydroxylation is 1. The fraction of sp³-hybridized carbons (Fsp3) is 0.636. The van der Waals surface area contributed by atoms with E-state index in [0.717, 1.165) is 17.1 Å². The molecule has 0 bridgehead atoms. The van der Waals surface area contributed by atoms with E-state index in [2.05, 4.69) is 11.9 Å². The Hall–Kier alpha value is -0.900. The molecule has 0 radical (unpaired) electrons. The minimum absolute atomic E-state index is 0.210. The van der Waals surface area contributed by atoms with Crippen LogP contribution in [-0.4, -0.2) is 17.6 Å². The van der Waals surface area contributed by atoms with Crippen LogP contribution in [0.3, 0.4) is 0 Å². The lowest BCUT2D eigenvalue weighted by molar-refractivity contribution is -0.148. The molecule has 0 saturated heterocycles. The molecule has 0 amide bonds. The van der Waals surface area contributed by atoms with E-state index < -0.39 is 5.41 Å². The molecular weight excluding hydrogens is 210 g/mol. The molecule has 1 aromatic rings. The average molecular weight is 227 g/mol. The summed E-state index contributed by atoms with van der Waals surface area (Å²) < 4.78 is 5.03. The fourth-order valence-corrected chi connectivity index (χ4v) is 2.09. The van der Waals surface area contributed by atoms with Crippen molar-refractivity contribution in [3.05, 3.63) is 16.1 Å². The van der Waals surface area contributed by atoms with Crippen molar-refractivity contribution < 1.29 is 9.53 Å². The normalized spacial score (nSPS) is 11.5. The minimum Gasteiger partial charge on any atom is -0.465 e. The molecule has 0 unspecified atom stereocenters. The third-order valence-electron chi connectivity index (χ3n) is 2.28. The molecule has 1 heterocycles. The molecule has 0 aliphatic carbocycles. The maximum Gasteiger partial charge on any atom is 0.317 e. The van der Waals surface area contributed by atoms with Crippen LogP contribution in [-0.2, 0) is 21.4 Å². The first-order valence-corrected chi connectivity index (χ1v) is 6.02. The molecule has 0 fully saturated rings. The lowest BCUT2D eigenvalue weighted by Gasteiger charge is -2.19. The minimum atomic E-state index is -0.639. The predicted octanol–water partition coefficient (Wildman–Crippen LogP) is 2.55. The number of rotatable bonds is 4. The van der Waals surface area contributed by atoms with Gasteiger partial charge in [-0.15, -0.1) is 11.3 Å². The highest BCUT2D eigenvalue weighted by molar-refractivity contribution is 7.09. The summed E-state index contributed by atoms with van der Waals surface area (Å²) in [5, 5.41) is 3.00. The van der Waals surface area contributed by atoms with Gasteiger partial charge in [0, 0.05) is 5.38 Å². The van der Waals surface area contributed by atoms with E-state index in [1.54, 1.807) is 11.3 Å². The highest BCUT2D eigenvalue weighted by Crippen LogP contribution is 2.26. The van der Waals surface area contributed by atoms with Crippen LogP contribution in [0, 0.1) is 0 Å². The molecule has 3 nitrogen and oxygen atoms in total. The summed E-state index contributed by atoms with van der Waals surface area (Å²) in [7, 11) is 0. The summed E-state index contributed by atoms with van der Waals surface area (Å²) in [5.41, 5.74) is 0.169. The third kappa shape index (κ3) is 2.56. The predicted molar refractivity (Wildman–Crippen MR) is 61.2 cm³/mol. The zero-order valence-corrected chi connectivity index (χ0v) is 10.5. The van der Waals surface area contributed by atoms with Crippen LogP contribution in [0.15, 0.2) is 5.38 Å². The van der Waals surface area contributed by atoms with Gasteiger partial charge in [-0.2, -0.15) is 0 Å². The molecule has 15 heavy (non-hydrogen) atoms. The lowest BCUT2D eigenvalue weighted by atomic mass is 9.90. The van der Waals surface area contributed by atoms with Gasteiger partial charge < -0.3 is 4.74 Å². The van der Waals surface area contributed by atoms with Gasteiger partial charge in [0.15, 0.2) is 0 Å². The van der Waals surface area contributed by atoms with E-state index >= 15 is 0 Å². The molecular formula is C11H17NO2S. The van der Waals surface area contributed by atoms with Gasteiger partial charge >= 0.3 is 5.97 Å². The van der Waals surface area contributed by atoms with Crippen molar-refractivity contribution in [2.45, 2.75) is 39.5 Å². The number of hydrogen-bond acceptors (Lipinski definition) is 4. The first-order chi connectivity index (χ1) is 7.02. The summed E-state index contributed by atoms with van der Waals surface area (Å²) >= 11 is 1.59. The molecule has 0 N–H and O–H groups in total. The number of esters is 1. The molecule has 0 aliphatic heterocycles. The Kier molecular flexibility index (Phi) is 3.85. The van der Waals surface area contributed by atoms with E-state index in [0.29, 0.717) is 6.61 Å². The smallest absolute Gasteiger partial charge is 0.317 e. The molecule has 0 saturated carbocycles. The average Bonchev–Trinajstić information content (AvgIpc) is 2.66. The maximum absolute atomic E-state index is 11.7. The van der Waals surface area contributed by atoms with E-state index in [1.807, 2.05) is 26.2 Å². The highest BCUT2D eigenvalue weighted by atomic mass is 32.1. The standard InChI is InChI=1S/C11H17NO2S/c1-5-9-12-8(7-15-9)11(3,4)10(13)14-6-2/h7H,5-6H2,1-4H3. The van der Waals surface area contributed by atoms with Crippen molar-refractivity contribution >= 4 is 17.3 Å². The monoisotopic (exact) mass is 227 g/mol. The summed E-state index contributed by atoms with van der Waals surface area (Å²) in [6.07, 6.45) is 0.906. The summed E-state index contributed by atoms with van der Waals surface area (Å²) in [4.78, 5) is 16.1. The summed E-state index contributed by atoms with van der Waals surface area (Å²) in [6.45, 7) is 7.97. The second kappa shape index (κ2) is 4.75. The molecule has 0 atom stereocenters. The van der Waals surface area contributed by atoms with E-state index in [4.69, 9.17) is 4.74 Å². The zero-order chi connectivity index (χ0) is 11.5. The van der Waals surface area contributed by atoms with Crippen molar-refractivity contribution in [1.82, 2.24) is 4.98 Å². The van der Waals surface area contributed by atoms with Crippen molar-refractivity contribution in [3.63, 3.8) is 0 Å². The van der Waals surface area contributed by atoms with Crippen molar-refractivity contribution in [3.8, 4) is 0 Å². The van der Waals surface area contributed by atoms with E-state index in [-0.39, 0.29) is 5.97 Å². The van der Waals surface area contributed by atoms with E-state index in [1.165, 1.54) is 0 Å². The van der Waals surface area contributed by atoms with Crippen LogP contribution in [0.5, 0.6) is 0 Å². The molecule has 0 aromatic carbocycles. The number of thiazole rings is 1. The maximum atomic E-state index is 11.7. The molecule has 0 spiro atoms. The number of aromatic nitrogens is 1. The Bertz CT molecular complexity index is 344. The Morgan fingerprint density at radius 2 is 2.20 bits per heavy atom. The first kappa shape index (κ1) is 12.2. The van der Waals surface area contributed by atoms with Gasteiger partial charge in [0.2, 0.25) is 0 Å². The van der Waals surface area contributed by atoms with Crippen LogP contribution < -0.4 is 0 Å². The van der Waals surface area contributed by atoms with Gasteiger partial charge in [-0.05, 0) is 27.2 Å². The lowest BCUT2D eigenvalue weighted by Crippen LogP contribution is -2.31. The largest absolute Gasteiger partial charge is 0.465 e. The van der Waals surface area contributed by atoms with Gasteiger partial charge in [-0.3, -0.25) is 4.79 Å². The Labute approximate surface area is 94.5 Å². The number of nitrogens with zero attached hydrogens (tertiary/aromatic N) is 1. The Morgan fingerprint density at radius 1 is 1.53 bits per heavy atom. The molecule has 1 rings (SSSR count). The number of hydrogen-bond donors (Lipinski definition) is 0. The Morgan fingerprint density at radius 3 is 2.67 bits per heavy atom. The van der Waals surface area contributed by atoms with Crippen LogP contribution in [0.25, 0.3) is 0 Å². The van der Waals surface area contributed by atoms with Crippen LogP contribution in [0.2, 0.25) is 0 Å². The SMILES string of the molecule is CCOC(=O)C(C)(C)c1csc(CC)n1. The molecule has 1 aromatic heterocycles. The van der Waals surface area contributed by atoms with Crippen LogP contribution >= 0.6 is 11.3 Å². The van der Waals surface area contributed by atoms with Gasteiger partial charge in [-0.1, -0.05) is 6.92 Å². The van der Waals surface area contributed by atoms with Gasteiger partial charge in [0.25, 0.3) is 0 Å². The highest BCUT2D eigenvalue weighted by Gasteiger charge is 2.33. The van der Waals surface area contributed by atoms with Crippen molar-refractivity contribution in [1.29, 1.82) is 0 Å². The molecule has 4 heteroatoms. The van der Waals surface area contributed by atoms with E-state index in [9.17, 15) is 4.79 Å². The number of ether oxygens (including phenoxy) is 1. The summed E-state index contributed by atoms with van der Waals surface area (Å²) in [6, 6.07) is 0. The summed E-state index contributed by atoms with van der Waals surface area (Å²) in [5.74, 6) is -0.210. The van der Waals surface area contributed by atoms with Gasteiger partial charge in [-0.25, -0.2) is 4.98 Å². The van der Waals surface area contributed by atoms with Crippen molar-refractivity contribution in [2.24, 2.45) is 0 Å². The van der Waals surface area contributed by atoms with Gasteiger partial charge in [0.05, 0.1) is 17.3 Å². The molecule has 0 aliphatic rings. The van der Waals surface area contributed by atoms with Gasteiger partial charge in [0.1, 0.15) is 5.41 Å². The number of carbonyl (C=O) groups is 1. The van der Waals surface area contributed by atoms with Crippen LogP contribution in [0.4, 0.5) is 0 Å². The quantitative estimate of drug-likeness (QED) is 0.742. The zero-order valence-electron chi connectivity index (χ0n) is 9.66. The molecule has 84 valence electrons.